The van der Waals surface area contributed by atoms with Crippen LogP contribution in [-0.4, -0.2) is 30.7 Å². The fourth-order valence-corrected chi connectivity index (χ4v) is 1.45. The van der Waals surface area contributed by atoms with Crippen LogP contribution in [0.15, 0.2) is 0 Å². The molecule has 10 heavy (non-hydrogen) atoms. The zero-order valence-corrected chi connectivity index (χ0v) is 5.89. The second kappa shape index (κ2) is 2.21. The first kappa shape index (κ1) is 7.49. The lowest BCUT2D eigenvalue weighted by atomic mass is 10.4. The van der Waals surface area contributed by atoms with Gasteiger partial charge in [-0.1, -0.05) is 0 Å². The van der Waals surface area contributed by atoms with Crippen molar-refractivity contribution in [3.63, 3.8) is 0 Å². The Bertz CT molecular complexity index is 244. The van der Waals surface area contributed by atoms with Gasteiger partial charge in [0, 0.05) is 13.0 Å². The van der Waals surface area contributed by atoms with Crippen LogP contribution in [0.4, 0.5) is 0 Å². The highest BCUT2D eigenvalue weighted by Gasteiger charge is 2.31. The molecular weight excluding hydrogens is 158 g/mol. The minimum Gasteiger partial charge on any atom is -0.355 e. The van der Waals surface area contributed by atoms with Gasteiger partial charge in [-0.2, -0.15) is 8.42 Å². The summed E-state index contributed by atoms with van der Waals surface area (Å²) in [6.45, 7) is 0.0255. The Labute approximate surface area is 58.2 Å². The van der Waals surface area contributed by atoms with Gasteiger partial charge in [0.25, 0.3) is 10.1 Å². The number of carbonyl (C=O) groups is 1. The second-order valence-corrected chi connectivity index (χ2v) is 3.84. The Morgan fingerprint density at radius 2 is 2.20 bits per heavy atom. The lowest BCUT2D eigenvalue weighted by Gasteiger charge is -1.99. The molecule has 1 heterocycles. The summed E-state index contributed by atoms with van der Waals surface area (Å²) in [4.78, 5) is 10.4. The van der Waals surface area contributed by atoms with Gasteiger partial charge >= 0.3 is 0 Å². The molecule has 1 amide bonds. The maximum absolute atomic E-state index is 10.4. The van der Waals surface area contributed by atoms with Gasteiger partial charge in [-0.25, -0.2) is 0 Å². The van der Waals surface area contributed by atoms with E-state index in [1.54, 1.807) is 0 Å². The maximum atomic E-state index is 10.4. The highest BCUT2D eigenvalue weighted by molar-refractivity contribution is 7.86. The molecule has 1 saturated heterocycles. The van der Waals surface area contributed by atoms with Crippen molar-refractivity contribution < 1.29 is 17.8 Å². The third kappa shape index (κ3) is 1.45. The normalized spacial score (nSPS) is 26.5. The molecule has 1 unspecified atom stereocenters. The van der Waals surface area contributed by atoms with Crippen LogP contribution in [-0.2, 0) is 14.9 Å². The average molecular weight is 165 g/mol. The Hall–Kier alpha value is -0.620. The molecule has 6 heteroatoms. The molecule has 58 valence electrons. The molecular formula is C4H7NO4S. The number of carbonyl (C=O) groups excluding carboxylic acids is 1. The maximum Gasteiger partial charge on any atom is 0.270 e. The summed E-state index contributed by atoms with van der Waals surface area (Å²) in [6.07, 6.45) is -0.126. The minimum absolute atomic E-state index is 0.0255. The lowest BCUT2D eigenvalue weighted by molar-refractivity contribution is -0.119. The molecule has 0 radical (unpaired) electrons. The van der Waals surface area contributed by atoms with Crippen molar-refractivity contribution in [2.45, 2.75) is 11.7 Å². The van der Waals surface area contributed by atoms with Crippen molar-refractivity contribution in [1.29, 1.82) is 0 Å². The van der Waals surface area contributed by atoms with Crippen molar-refractivity contribution >= 4 is 16.0 Å². The van der Waals surface area contributed by atoms with E-state index in [1.807, 2.05) is 0 Å². The van der Waals surface area contributed by atoms with E-state index in [4.69, 9.17) is 4.55 Å². The summed E-state index contributed by atoms with van der Waals surface area (Å²) in [5.41, 5.74) is 0. The average Bonchev–Trinajstić information content (AvgIpc) is 2.11. The van der Waals surface area contributed by atoms with Crippen molar-refractivity contribution in [2.75, 3.05) is 6.54 Å². The zero-order chi connectivity index (χ0) is 7.78. The van der Waals surface area contributed by atoms with E-state index in [0.717, 1.165) is 0 Å². The molecule has 1 atom stereocenters. The van der Waals surface area contributed by atoms with Gasteiger partial charge in [0.05, 0.1) is 0 Å². The fourth-order valence-electron chi connectivity index (χ4n) is 0.789. The first-order valence-corrected chi connectivity index (χ1v) is 4.23. The predicted octanol–water partition coefficient (Wildman–Crippen LogP) is -1.24. The molecule has 1 fully saturated rings. The first-order valence-electron chi connectivity index (χ1n) is 2.73. The standard InChI is InChI=1S/C4H7NO4S/c6-4-1-3(2-5-4)10(7,8)9/h3H,1-2H2,(H,5,6)(H,7,8,9). The highest BCUT2D eigenvalue weighted by Crippen LogP contribution is 2.08. The van der Waals surface area contributed by atoms with Crippen LogP contribution < -0.4 is 5.32 Å². The number of hydrogen-bond acceptors (Lipinski definition) is 3. The molecule has 2 N–H and O–H groups in total. The Balaban J connectivity index is 2.71. The molecule has 0 bridgehead atoms. The number of rotatable bonds is 1. The molecule has 0 saturated carbocycles. The van der Waals surface area contributed by atoms with E-state index < -0.39 is 15.4 Å². The van der Waals surface area contributed by atoms with Crippen molar-refractivity contribution in [3.8, 4) is 0 Å². The van der Waals surface area contributed by atoms with Crippen molar-refractivity contribution in [3.05, 3.63) is 0 Å². The van der Waals surface area contributed by atoms with Gasteiger partial charge < -0.3 is 5.32 Å². The summed E-state index contributed by atoms with van der Waals surface area (Å²) in [6, 6.07) is 0. The summed E-state index contributed by atoms with van der Waals surface area (Å²) in [5, 5.41) is 1.35. The van der Waals surface area contributed by atoms with E-state index in [1.165, 1.54) is 0 Å². The highest BCUT2D eigenvalue weighted by atomic mass is 32.2. The van der Waals surface area contributed by atoms with Gasteiger partial charge in [0.2, 0.25) is 5.91 Å². The number of amides is 1. The molecule has 0 aromatic rings. The zero-order valence-electron chi connectivity index (χ0n) is 5.07. The fraction of sp³-hybridized carbons (Fsp3) is 0.750. The van der Waals surface area contributed by atoms with E-state index >= 15 is 0 Å². The van der Waals surface area contributed by atoms with Crippen LogP contribution in [0.5, 0.6) is 0 Å². The molecule has 0 aromatic heterocycles. The van der Waals surface area contributed by atoms with Crippen molar-refractivity contribution in [1.82, 2.24) is 5.32 Å². The van der Waals surface area contributed by atoms with Gasteiger partial charge in [0.15, 0.2) is 0 Å². The quantitative estimate of drug-likeness (QED) is 0.476. The molecule has 0 aromatic carbocycles. The van der Waals surface area contributed by atoms with Gasteiger partial charge in [-0.15, -0.1) is 0 Å². The van der Waals surface area contributed by atoms with Gasteiger partial charge in [0.1, 0.15) is 5.25 Å². The second-order valence-electron chi connectivity index (χ2n) is 2.15. The van der Waals surface area contributed by atoms with Crippen LogP contribution >= 0.6 is 0 Å². The van der Waals surface area contributed by atoms with E-state index in [9.17, 15) is 13.2 Å². The third-order valence-corrected chi connectivity index (χ3v) is 2.54. The largest absolute Gasteiger partial charge is 0.355 e. The van der Waals surface area contributed by atoms with Crippen LogP contribution in [0.3, 0.4) is 0 Å². The van der Waals surface area contributed by atoms with Gasteiger partial charge in [-0.05, 0) is 0 Å². The lowest BCUT2D eigenvalue weighted by Crippen LogP contribution is -2.22. The number of hydrogen-bond donors (Lipinski definition) is 2. The first-order chi connectivity index (χ1) is 4.50. The predicted molar refractivity (Wildman–Crippen MR) is 33.0 cm³/mol. The van der Waals surface area contributed by atoms with E-state index in [-0.39, 0.29) is 18.9 Å². The molecule has 1 rings (SSSR count). The summed E-state index contributed by atoms with van der Waals surface area (Å²) < 4.78 is 29.1. The Kier molecular flexibility index (Phi) is 1.65. The van der Waals surface area contributed by atoms with Crippen LogP contribution in [0.25, 0.3) is 0 Å². The smallest absolute Gasteiger partial charge is 0.270 e. The van der Waals surface area contributed by atoms with Crippen molar-refractivity contribution in [2.24, 2.45) is 0 Å². The molecule has 1 aliphatic rings. The van der Waals surface area contributed by atoms with Crippen LogP contribution in [0.2, 0.25) is 0 Å². The molecule has 1 aliphatic heterocycles. The van der Waals surface area contributed by atoms with E-state index in [0.29, 0.717) is 0 Å². The van der Waals surface area contributed by atoms with E-state index in [2.05, 4.69) is 5.32 Å². The number of nitrogens with one attached hydrogen (secondary N) is 1. The summed E-state index contributed by atoms with van der Waals surface area (Å²) in [7, 11) is -4.02. The Morgan fingerprint density at radius 3 is 2.40 bits per heavy atom. The van der Waals surface area contributed by atoms with Gasteiger partial charge in [-0.3, -0.25) is 9.35 Å². The topological polar surface area (TPSA) is 83.5 Å². The summed E-state index contributed by atoms with van der Waals surface area (Å²) in [5.74, 6) is -0.331. The molecule has 0 aliphatic carbocycles. The monoisotopic (exact) mass is 165 g/mol. The SMILES string of the molecule is O=C1CC(S(=O)(=O)O)CN1. The molecule has 0 spiro atoms. The Morgan fingerprint density at radius 1 is 1.60 bits per heavy atom. The van der Waals surface area contributed by atoms with Crippen LogP contribution in [0, 0.1) is 0 Å². The minimum atomic E-state index is -4.02. The molecule has 5 nitrogen and oxygen atoms in total. The summed E-state index contributed by atoms with van der Waals surface area (Å²) >= 11 is 0. The third-order valence-electron chi connectivity index (χ3n) is 1.36. The van der Waals surface area contributed by atoms with Crippen LogP contribution in [0.1, 0.15) is 6.42 Å².